The van der Waals surface area contributed by atoms with E-state index in [4.69, 9.17) is 0 Å². The largest absolute Gasteiger partial charge is 0.356 e. The first-order valence-electron chi connectivity index (χ1n) is 15.9. The Morgan fingerprint density at radius 1 is 0.725 bits per heavy atom. The molecule has 1 nitrogen and oxygen atoms in total. The van der Waals surface area contributed by atoms with Crippen molar-refractivity contribution in [2.45, 2.75) is 117 Å². The van der Waals surface area contributed by atoms with Crippen LogP contribution in [-0.2, 0) is 12.8 Å². The second-order valence-electron chi connectivity index (χ2n) is 12.6. The van der Waals surface area contributed by atoms with Crippen LogP contribution in [-0.4, -0.2) is 6.26 Å². The zero-order chi connectivity index (χ0) is 29.0. The van der Waals surface area contributed by atoms with E-state index in [2.05, 4.69) is 126 Å². The third kappa shape index (κ3) is 9.16. The van der Waals surface area contributed by atoms with E-state index in [1.165, 1.54) is 84.3 Å². The molecule has 3 atom stereocenters. The smallest absolute Gasteiger partial charge is 0.0386 e. The molecule has 0 radical (unpaired) electrons. The van der Waals surface area contributed by atoms with Crippen molar-refractivity contribution in [3.05, 3.63) is 89.5 Å². The SMILES string of the molecule is CCCCC(C)(CC)Cc1cccc(Nc2cccc(CC(c3ccc(SC)cc3)C(C)(CC)CCCC)c2)c1. The normalized spacial score (nSPS) is 15.3. The van der Waals surface area contributed by atoms with Crippen molar-refractivity contribution in [2.75, 3.05) is 11.6 Å². The van der Waals surface area contributed by atoms with Gasteiger partial charge < -0.3 is 5.32 Å². The lowest BCUT2D eigenvalue weighted by molar-refractivity contribution is 0.212. The minimum atomic E-state index is 0.276. The molecule has 218 valence electrons. The van der Waals surface area contributed by atoms with E-state index in [-0.39, 0.29) is 5.41 Å². The summed E-state index contributed by atoms with van der Waals surface area (Å²) in [6.07, 6.45) is 14.5. The van der Waals surface area contributed by atoms with Gasteiger partial charge in [-0.3, -0.25) is 0 Å². The zero-order valence-electron chi connectivity index (χ0n) is 26.5. The number of nitrogens with one attached hydrogen (secondary N) is 1. The molecular weight excluding hydrogens is 502 g/mol. The number of hydrogen-bond acceptors (Lipinski definition) is 2. The van der Waals surface area contributed by atoms with Crippen LogP contribution in [0.5, 0.6) is 0 Å². The topological polar surface area (TPSA) is 12.0 Å². The zero-order valence-corrected chi connectivity index (χ0v) is 27.3. The molecule has 2 heteroatoms. The molecular formula is C38H55NS. The number of hydrogen-bond donors (Lipinski definition) is 1. The maximum Gasteiger partial charge on any atom is 0.0386 e. The van der Waals surface area contributed by atoms with Crippen LogP contribution < -0.4 is 5.32 Å². The lowest BCUT2D eigenvalue weighted by Crippen LogP contribution is -2.27. The predicted octanol–water partition coefficient (Wildman–Crippen LogP) is 12.2. The average Bonchev–Trinajstić information content (AvgIpc) is 2.98. The highest BCUT2D eigenvalue weighted by atomic mass is 32.2. The first kappa shape index (κ1) is 32.3. The van der Waals surface area contributed by atoms with Gasteiger partial charge in [0.05, 0.1) is 0 Å². The van der Waals surface area contributed by atoms with Crippen LogP contribution in [0.2, 0.25) is 0 Å². The van der Waals surface area contributed by atoms with E-state index in [0.29, 0.717) is 11.3 Å². The van der Waals surface area contributed by atoms with Crippen molar-refractivity contribution in [1.29, 1.82) is 0 Å². The van der Waals surface area contributed by atoms with Crippen LogP contribution in [0.4, 0.5) is 11.4 Å². The van der Waals surface area contributed by atoms with E-state index in [1.807, 2.05) is 11.8 Å². The molecule has 0 bridgehead atoms. The van der Waals surface area contributed by atoms with Gasteiger partial charge in [0.1, 0.15) is 0 Å². The highest BCUT2D eigenvalue weighted by molar-refractivity contribution is 7.98. The summed E-state index contributed by atoms with van der Waals surface area (Å²) < 4.78 is 0. The molecule has 0 aliphatic carbocycles. The number of thioether (sulfide) groups is 1. The average molecular weight is 558 g/mol. The summed E-state index contributed by atoms with van der Waals surface area (Å²) in [5.41, 5.74) is 7.35. The van der Waals surface area contributed by atoms with Gasteiger partial charge in [0.2, 0.25) is 0 Å². The van der Waals surface area contributed by atoms with Crippen LogP contribution in [0.25, 0.3) is 0 Å². The molecule has 3 rings (SSSR count). The second-order valence-corrected chi connectivity index (χ2v) is 13.5. The Balaban J connectivity index is 1.83. The summed E-state index contributed by atoms with van der Waals surface area (Å²) in [6.45, 7) is 14.3. The third-order valence-corrected chi connectivity index (χ3v) is 10.2. The lowest BCUT2D eigenvalue weighted by atomic mass is 9.66. The Bertz CT molecular complexity index is 1150. The van der Waals surface area contributed by atoms with Crippen LogP contribution in [0.1, 0.15) is 116 Å². The van der Waals surface area contributed by atoms with E-state index in [1.54, 1.807) is 0 Å². The van der Waals surface area contributed by atoms with Crippen LogP contribution in [0, 0.1) is 10.8 Å². The van der Waals surface area contributed by atoms with Gasteiger partial charge in [-0.25, -0.2) is 0 Å². The highest BCUT2D eigenvalue weighted by Gasteiger charge is 2.33. The van der Waals surface area contributed by atoms with Gasteiger partial charge in [-0.15, -0.1) is 11.8 Å². The molecule has 0 spiro atoms. The Kier molecular flexibility index (Phi) is 12.7. The predicted molar refractivity (Wildman–Crippen MR) is 180 cm³/mol. The molecule has 0 aliphatic heterocycles. The van der Waals surface area contributed by atoms with Gasteiger partial charge in [-0.05, 0) is 102 Å². The summed E-state index contributed by atoms with van der Waals surface area (Å²) in [5.74, 6) is 0.494. The van der Waals surface area contributed by atoms with E-state index < -0.39 is 0 Å². The molecule has 3 unspecified atom stereocenters. The van der Waals surface area contributed by atoms with Crippen molar-refractivity contribution in [1.82, 2.24) is 0 Å². The highest BCUT2D eigenvalue weighted by Crippen LogP contribution is 2.45. The Morgan fingerprint density at radius 3 is 1.90 bits per heavy atom. The molecule has 0 aliphatic rings. The maximum atomic E-state index is 3.74. The standard InChI is InChI=1S/C38H55NS/c1-8-12-24-37(5,10-3)29-31-17-15-19-34(27-31)39-33-18-14-16-30(26-33)28-36(38(6,11-4)25-13-9-2)32-20-22-35(40-7)23-21-32/h14-23,26-27,36,39H,8-13,24-25,28-29H2,1-7H3. The molecule has 0 heterocycles. The van der Waals surface area contributed by atoms with Gasteiger partial charge in [-0.1, -0.05) is 116 Å². The molecule has 1 N–H and O–H groups in total. The molecule has 0 saturated heterocycles. The number of benzene rings is 3. The van der Waals surface area contributed by atoms with Gasteiger partial charge in [-0.2, -0.15) is 0 Å². The van der Waals surface area contributed by atoms with Gasteiger partial charge in [0.15, 0.2) is 0 Å². The fourth-order valence-electron chi connectivity index (χ4n) is 6.20. The number of rotatable bonds is 17. The van der Waals surface area contributed by atoms with E-state index >= 15 is 0 Å². The number of anilines is 2. The quantitative estimate of drug-likeness (QED) is 0.166. The van der Waals surface area contributed by atoms with Crippen LogP contribution in [0.15, 0.2) is 77.7 Å². The minimum absolute atomic E-state index is 0.276. The fraction of sp³-hybridized carbons (Fsp3) is 0.526. The first-order chi connectivity index (χ1) is 19.3. The monoisotopic (exact) mass is 557 g/mol. The van der Waals surface area contributed by atoms with E-state index in [9.17, 15) is 0 Å². The van der Waals surface area contributed by atoms with E-state index in [0.717, 1.165) is 12.8 Å². The Morgan fingerprint density at radius 2 is 1.32 bits per heavy atom. The first-order valence-corrected chi connectivity index (χ1v) is 17.1. The molecule has 40 heavy (non-hydrogen) atoms. The molecule has 0 aromatic heterocycles. The lowest BCUT2D eigenvalue weighted by Gasteiger charge is -2.38. The van der Waals surface area contributed by atoms with Gasteiger partial charge >= 0.3 is 0 Å². The molecule has 3 aromatic rings. The Hall–Kier alpha value is -2.19. The molecule has 0 amide bonds. The molecule has 3 aromatic carbocycles. The maximum absolute atomic E-state index is 3.74. The third-order valence-electron chi connectivity index (χ3n) is 9.47. The molecule has 0 fully saturated rings. The number of unbranched alkanes of at least 4 members (excludes halogenated alkanes) is 2. The van der Waals surface area contributed by atoms with Gasteiger partial charge in [0.25, 0.3) is 0 Å². The summed E-state index contributed by atoms with van der Waals surface area (Å²) >= 11 is 1.82. The van der Waals surface area contributed by atoms with Crippen molar-refractivity contribution < 1.29 is 0 Å². The van der Waals surface area contributed by atoms with Crippen LogP contribution in [0.3, 0.4) is 0 Å². The summed E-state index contributed by atoms with van der Waals surface area (Å²) in [7, 11) is 0. The van der Waals surface area contributed by atoms with Gasteiger partial charge in [0, 0.05) is 16.3 Å². The van der Waals surface area contributed by atoms with Crippen molar-refractivity contribution >= 4 is 23.1 Å². The van der Waals surface area contributed by atoms with Crippen molar-refractivity contribution in [3.8, 4) is 0 Å². The summed E-state index contributed by atoms with van der Waals surface area (Å²) in [5, 5.41) is 3.74. The summed E-state index contributed by atoms with van der Waals surface area (Å²) in [4.78, 5) is 1.34. The van der Waals surface area contributed by atoms with Crippen molar-refractivity contribution in [3.63, 3.8) is 0 Å². The minimum Gasteiger partial charge on any atom is -0.356 e. The summed E-state index contributed by atoms with van der Waals surface area (Å²) in [6, 6.07) is 27.6. The molecule has 0 saturated carbocycles. The second kappa shape index (κ2) is 15.7. The Labute approximate surface area is 251 Å². The fourth-order valence-corrected chi connectivity index (χ4v) is 6.61. The van der Waals surface area contributed by atoms with Crippen LogP contribution >= 0.6 is 11.8 Å². The van der Waals surface area contributed by atoms with Crippen molar-refractivity contribution in [2.24, 2.45) is 10.8 Å².